The molecule has 0 unspecified atom stereocenters. The van der Waals surface area contributed by atoms with Crippen LogP contribution in [0.3, 0.4) is 0 Å². The molecule has 0 aliphatic carbocycles. The summed E-state index contributed by atoms with van der Waals surface area (Å²) in [5, 5.41) is 14.2. The zero-order valence-corrected chi connectivity index (χ0v) is 28.2. The number of benzene rings is 8. The van der Waals surface area contributed by atoms with Gasteiger partial charge in [-0.15, -0.1) is 0 Å². The minimum atomic E-state index is 0.216. The van der Waals surface area contributed by atoms with Crippen LogP contribution in [-0.4, -0.2) is 17.0 Å². The van der Waals surface area contributed by atoms with E-state index in [1.807, 2.05) is 36.4 Å². The van der Waals surface area contributed by atoms with E-state index < -0.39 is 0 Å². The molecule has 0 spiro atoms. The van der Waals surface area contributed by atoms with Crippen LogP contribution in [0.2, 0.25) is 0 Å². The van der Waals surface area contributed by atoms with Crippen molar-refractivity contribution in [1.29, 1.82) is 0 Å². The van der Waals surface area contributed by atoms with Crippen molar-refractivity contribution in [2.24, 2.45) is 0 Å². The number of aromatic nitrogens is 1. The highest BCUT2D eigenvalue weighted by atomic mass is 16.5. The van der Waals surface area contributed by atoms with Crippen molar-refractivity contribution < 1.29 is 9.84 Å². The number of fused-ring (bicyclic) bond motifs is 5. The zero-order valence-electron chi connectivity index (χ0n) is 28.2. The molecule has 4 heteroatoms. The predicted molar refractivity (Wildman–Crippen MR) is 216 cm³/mol. The van der Waals surface area contributed by atoms with Crippen molar-refractivity contribution in [3.63, 3.8) is 0 Å². The fraction of sp³-hybridized carbons (Fsp3) is 0. The third-order valence-electron chi connectivity index (χ3n) is 10.2. The van der Waals surface area contributed by atoms with Gasteiger partial charge in [-0.25, -0.2) is 0 Å². The molecule has 0 saturated carbocycles. The lowest BCUT2D eigenvalue weighted by atomic mass is 9.59. The van der Waals surface area contributed by atoms with E-state index in [2.05, 4.69) is 157 Å². The fourth-order valence-electron chi connectivity index (χ4n) is 7.76. The van der Waals surface area contributed by atoms with Crippen LogP contribution in [0, 0.1) is 0 Å². The molecule has 8 aromatic carbocycles. The smallest absolute Gasteiger partial charge is 0.202 e. The molecule has 3 nitrogen and oxygen atoms in total. The molecule has 0 saturated heterocycles. The Morgan fingerprint density at radius 1 is 0.423 bits per heavy atom. The first-order valence-electron chi connectivity index (χ1n) is 17.6. The van der Waals surface area contributed by atoms with Crippen molar-refractivity contribution in [1.82, 2.24) is 4.57 Å². The highest BCUT2D eigenvalue weighted by Gasteiger charge is 2.24. The quantitative estimate of drug-likeness (QED) is 0.186. The van der Waals surface area contributed by atoms with E-state index in [0.29, 0.717) is 0 Å². The van der Waals surface area contributed by atoms with Crippen LogP contribution in [-0.2, 0) is 0 Å². The van der Waals surface area contributed by atoms with Crippen LogP contribution < -0.4 is 15.7 Å². The molecule has 0 fully saturated rings. The molecule has 52 heavy (non-hydrogen) atoms. The zero-order chi connectivity index (χ0) is 34.6. The molecule has 0 atom stereocenters. The van der Waals surface area contributed by atoms with E-state index in [-0.39, 0.29) is 5.75 Å². The molecule has 1 N–H and O–H groups in total. The molecule has 0 bridgehead atoms. The van der Waals surface area contributed by atoms with Gasteiger partial charge in [-0.3, -0.25) is 0 Å². The molecule has 10 rings (SSSR count). The van der Waals surface area contributed by atoms with Crippen LogP contribution >= 0.6 is 0 Å². The van der Waals surface area contributed by atoms with Gasteiger partial charge < -0.3 is 14.4 Å². The maximum atomic E-state index is 11.7. The number of aromatic hydroxyl groups is 1. The Hall–Kier alpha value is -6.78. The van der Waals surface area contributed by atoms with Gasteiger partial charge in [-0.2, -0.15) is 0 Å². The molecule has 1 aliphatic rings. The summed E-state index contributed by atoms with van der Waals surface area (Å²) in [6.45, 7) is 0. The normalized spacial score (nSPS) is 11.8. The first kappa shape index (κ1) is 30.1. The number of para-hydroxylation sites is 3. The van der Waals surface area contributed by atoms with E-state index >= 15 is 0 Å². The minimum absolute atomic E-state index is 0.216. The third kappa shape index (κ3) is 4.99. The van der Waals surface area contributed by atoms with Gasteiger partial charge in [-0.1, -0.05) is 140 Å². The second-order valence-electron chi connectivity index (χ2n) is 13.3. The Balaban J connectivity index is 1.01. The number of nitrogens with zero attached hydrogens (tertiary/aromatic N) is 1. The van der Waals surface area contributed by atoms with Gasteiger partial charge in [0.15, 0.2) is 0 Å². The monoisotopic (exact) mass is 664 g/mol. The summed E-state index contributed by atoms with van der Waals surface area (Å²) >= 11 is 0. The minimum Gasteiger partial charge on any atom is -0.507 e. The Kier molecular flexibility index (Phi) is 7.07. The maximum absolute atomic E-state index is 11.7. The highest BCUT2D eigenvalue weighted by molar-refractivity contribution is 6.71. The van der Waals surface area contributed by atoms with Gasteiger partial charge in [0, 0.05) is 21.9 Å². The highest BCUT2D eigenvalue weighted by Crippen LogP contribution is 2.40. The molecule has 9 aromatic rings. The first-order valence-corrected chi connectivity index (χ1v) is 17.6. The Morgan fingerprint density at radius 3 is 1.83 bits per heavy atom. The van der Waals surface area contributed by atoms with Gasteiger partial charge in [0.25, 0.3) is 0 Å². The van der Waals surface area contributed by atoms with Crippen LogP contribution in [0.15, 0.2) is 182 Å². The van der Waals surface area contributed by atoms with Crippen LogP contribution in [0.4, 0.5) is 0 Å². The SMILES string of the molecule is Oc1cc(-c2ccccc2-n2c3ccccc3c3ccccc32)ccc1-c1cccc2c1[B]c1cc(-c3cccc(-c4ccccc4)c3)ccc1O2. The Morgan fingerprint density at radius 2 is 1.04 bits per heavy atom. The lowest BCUT2D eigenvalue weighted by Gasteiger charge is -2.23. The number of phenols is 1. The van der Waals surface area contributed by atoms with Gasteiger partial charge in [0.2, 0.25) is 7.28 Å². The first-order chi connectivity index (χ1) is 25.7. The van der Waals surface area contributed by atoms with E-state index in [9.17, 15) is 5.11 Å². The lowest BCUT2D eigenvalue weighted by Crippen LogP contribution is -2.35. The van der Waals surface area contributed by atoms with Crippen LogP contribution in [0.1, 0.15) is 0 Å². The fourth-order valence-corrected chi connectivity index (χ4v) is 7.76. The summed E-state index contributed by atoms with van der Waals surface area (Å²) in [6.07, 6.45) is 0. The predicted octanol–water partition coefficient (Wildman–Crippen LogP) is 10.9. The number of rotatable bonds is 5. The average Bonchev–Trinajstić information content (AvgIpc) is 3.54. The van der Waals surface area contributed by atoms with Crippen LogP contribution in [0.5, 0.6) is 17.2 Å². The molecule has 1 aromatic heterocycles. The summed E-state index contributed by atoms with van der Waals surface area (Å²) < 4.78 is 8.80. The van der Waals surface area contributed by atoms with E-state index in [4.69, 9.17) is 4.74 Å². The van der Waals surface area contributed by atoms with E-state index in [1.54, 1.807) is 0 Å². The second-order valence-corrected chi connectivity index (χ2v) is 13.3. The van der Waals surface area contributed by atoms with Crippen LogP contribution in [0.25, 0.3) is 72.0 Å². The summed E-state index contributed by atoms with van der Waals surface area (Å²) in [6, 6.07) is 63.0. The summed E-state index contributed by atoms with van der Waals surface area (Å²) in [4.78, 5) is 0. The lowest BCUT2D eigenvalue weighted by molar-refractivity contribution is 0.477. The average molecular weight is 665 g/mol. The van der Waals surface area contributed by atoms with E-state index in [0.717, 1.165) is 72.5 Å². The molecule has 2 heterocycles. The molecular formula is C48H31BNO2. The Bertz CT molecular complexity index is 2770. The largest absolute Gasteiger partial charge is 0.507 e. The Labute approximate surface area is 302 Å². The third-order valence-corrected chi connectivity index (χ3v) is 10.2. The number of phenolic OH excluding ortho intramolecular Hbond substituents is 1. The van der Waals surface area contributed by atoms with Gasteiger partial charge in [0.1, 0.15) is 17.2 Å². The number of hydrogen-bond donors (Lipinski definition) is 1. The number of ether oxygens (including phenoxy) is 1. The van der Waals surface area contributed by atoms with E-state index in [1.165, 1.54) is 21.9 Å². The molecular weight excluding hydrogens is 633 g/mol. The standard InChI is InChI=1S/C48H31BNO2/c51-45-30-35(36-16-4-7-20-42(36)50-43-21-8-5-17-37(43)38-18-6-9-22-44(38)50)24-26-39(45)40-19-11-23-47-48(40)49-41-29-34(25-27-46(41)52-47)33-15-10-14-32(28-33)31-12-2-1-3-13-31/h1-30,51H. The second kappa shape index (κ2) is 12.2. The molecule has 1 aliphatic heterocycles. The van der Waals surface area contributed by atoms with Gasteiger partial charge in [-0.05, 0) is 86.8 Å². The van der Waals surface area contributed by atoms with Crippen molar-refractivity contribution in [3.05, 3.63) is 182 Å². The van der Waals surface area contributed by atoms with Crippen molar-refractivity contribution in [2.75, 3.05) is 0 Å². The summed E-state index contributed by atoms with van der Waals surface area (Å²) in [7, 11) is 2.18. The molecule has 1 radical (unpaired) electrons. The number of hydrogen-bond acceptors (Lipinski definition) is 2. The molecule has 243 valence electrons. The van der Waals surface area contributed by atoms with Crippen molar-refractivity contribution in [2.45, 2.75) is 0 Å². The van der Waals surface area contributed by atoms with Gasteiger partial charge >= 0.3 is 0 Å². The maximum Gasteiger partial charge on any atom is 0.202 e. The molecule has 0 amide bonds. The van der Waals surface area contributed by atoms with Gasteiger partial charge in [0.05, 0.1) is 16.7 Å². The summed E-state index contributed by atoms with van der Waals surface area (Å²) in [5.74, 6) is 1.80. The van der Waals surface area contributed by atoms with Crippen molar-refractivity contribution >= 4 is 40.0 Å². The summed E-state index contributed by atoms with van der Waals surface area (Å²) in [5.41, 5.74) is 13.6. The van der Waals surface area contributed by atoms with Crippen molar-refractivity contribution in [3.8, 4) is 67.4 Å². The topological polar surface area (TPSA) is 34.4 Å².